The van der Waals surface area contributed by atoms with Crippen LogP contribution in [0.2, 0.25) is 0 Å². The first-order chi connectivity index (χ1) is 18.2. The molecule has 5 aromatic carbocycles. The van der Waals surface area contributed by atoms with Crippen molar-refractivity contribution in [1.29, 1.82) is 0 Å². The van der Waals surface area contributed by atoms with E-state index in [2.05, 4.69) is 16.0 Å². The van der Waals surface area contributed by atoms with Gasteiger partial charge >= 0.3 is 0 Å². The van der Waals surface area contributed by atoms with Crippen LogP contribution in [-0.4, -0.2) is 11.0 Å². The third-order valence-electron chi connectivity index (χ3n) is 5.79. The quantitative estimate of drug-likeness (QED) is 0.150. The number of amides is 1. The highest BCUT2D eigenvalue weighted by molar-refractivity contribution is 8.00. The monoisotopic (exact) mass is 519 g/mol. The van der Waals surface area contributed by atoms with E-state index in [0.717, 1.165) is 38.3 Å². The summed E-state index contributed by atoms with van der Waals surface area (Å²) in [6.45, 7) is 0. The number of fused-ring (bicyclic) bond motifs is 1. The van der Waals surface area contributed by atoms with E-state index in [-0.39, 0.29) is 5.91 Å². The van der Waals surface area contributed by atoms with Crippen molar-refractivity contribution in [2.75, 3.05) is 16.0 Å². The fourth-order valence-electron chi connectivity index (χ4n) is 4.00. The standard InChI is InChI=1S/C31H25N3OS2/c35-30(34-28-17-9-13-22-10-7-8-16-27(22)28)29(23-11-3-1-4-12-23)37-26-20-18-25(19-21-26)33-31(36)32-24-14-5-2-6-15-24/h1-21,29H,(H,34,35)(H2,32,33,36). The maximum Gasteiger partial charge on any atom is 0.242 e. The minimum absolute atomic E-state index is 0.0667. The molecule has 5 rings (SSSR count). The van der Waals surface area contributed by atoms with E-state index in [1.54, 1.807) is 0 Å². The molecule has 6 heteroatoms. The Bertz CT molecular complexity index is 1500. The van der Waals surface area contributed by atoms with Gasteiger partial charge in [0.05, 0.1) is 0 Å². The number of benzene rings is 5. The molecular formula is C31H25N3OS2. The highest BCUT2D eigenvalue weighted by atomic mass is 32.2. The van der Waals surface area contributed by atoms with Gasteiger partial charge in [-0.3, -0.25) is 4.79 Å². The molecule has 3 N–H and O–H groups in total. The fourth-order valence-corrected chi connectivity index (χ4v) is 5.26. The lowest BCUT2D eigenvalue weighted by molar-refractivity contribution is -0.115. The second-order valence-corrected chi connectivity index (χ2v) is 9.98. The van der Waals surface area contributed by atoms with E-state index < -0.39 is 5.25 Å². The van der Waals surface area contributed by atoms with Gasteiger partial charge in [0.15, 0.2) is 5.11 Å². The van der Waals surface area contributed by atoms with Crippen LogP contribution in [0.25, 0.3) is 10.8 Å². The molecular weight excluding hydrogens is 494 g/mol. The Morgan fingerprint density at radius 2 is 1.22 bits per heavy atom. The van der Waals surface area contributed by atoms with Gasteiger partial charge in [-0.15, -0.1) is 11.8 Å². The summed E-state index contributed by atoms with van der Waals surface area (Å²) in [4.78, 5) is 14.6. The zero-order valence-electron chi connectivity index (χ0n) is 19.9. The van der Waals surface area contributed by atoms with E-state index in [0.29, 0.717) is 5.11 Å². The summed E-state index contributed by atoms with van der Waals surface area (Å²) in [6.07, 6.45) is 0. The summed E-state index contributed by atoms with van der Waals surface area (Å²) in [5, 5.41) is 11.8. The molecule has 0 aliphatic heterocycles. The molecule has 37 heavy (non-hydrogen) atoms. The summed E-state index contributed by atoms with van der Waals surface area (Å²) in [7, 11) is 0. The number of para-hydroxylation sites is 1. The largest absolute Gasteiger partial charge is 0.332 e. The van der Waals surface area contributed by atoms with Crippen molar-refractivity contribution in [2.45, 2.75) is 10.1 Å². The number of nitrogens with one attached hydrogen (secondary N) is 3. The molecule has 1 atom stereocenters. The number of carbonyl (C=O) groups is 1. The van der Waals surface area contributed by atoms with Crippen molar-refractivity contribution < 1.29 is 4.79 Å². The first-order valence-corrected chi connectivity index (χ1v) is 13.2. The molecule has 0 radical (unpaired) electrons. The van der Waals surface area contributed by atoms with Crippen LogP contribution >= 0.6 is 24.0 Å². The SMILES string of the molecule is O=C(Nc1cccc2ccccc12)C(Sc1ccc(NC(=S)Nc2ccccc2)cc1)c1ccccc1. The van der Waals surface area contributed by atoms with Crippen molar-refractivity contribution in [3.05, 3.63) is 133 Å². The molecule has 4 nitrogen and oxygen atoms in total. The highest BCUT2D eigenvalue weighted by Crippen LogP contribution is 2.37. The molecule has 0 aromatic heterocycles. The minimum Gasteiger partial charge on any atom is -0.332 e. The predicted octanol–water partition coefficient (Wildman–Crippen LogP) is 8.12. The molecule has 182 valence electrons. The highest BCUT2D eigenvalue weighted by Gasteiger charge is 2.22. The summed E-state index contributed by atoms with van der Waals surface area (Å²) in [5.74, 6) is -0.0667. The van der Waals surface area contributed by atoms with Crippen molar-refractivity contribution in [3.63, 3.8) is 0 Å². The van der Waals surface area contributed by atoms with E-state index in [1.807, 2.05) is 127 Å². The molecule has 0 heterocycles. The van der Waals surface area contributed by atoms with Crippen molar-refractivity contribution in [1.82, 2.24) is 0 Å². The summed E-state index contributed by atoms with van der Waals surface area (Å²) in [5.41, 5.74) is 3.55. The summed E-state index contributed by atoms with van der Waals surface area (Å²) < 4.78 is 0. The maximum atomic E-state index is 13.6. The lowest BCUT2D eigenvalue weighted by Crippen LogP contribution is -2.19. The lowest BCUT2D eigenvalue weighted by atomic mass is 10.1. The molecule has 0 saturated carbocycles. The summed E-state index contributed by atoms with van der Waals surface area (Å²) >= 11 is 6.95. The third-order valence-corrected chi connectivity index (χ3v) is 7.26. The Labute approximate surface area is 226 Å². The topological polar surface area (TPSA) is 53.2 Å². The van der Waals surface area contributed by atoms with E-state index in [4.69, 9.17) is 12.2 Å². The molecule has 0 bridgehead atoms. The van der Waals surface area contributed by atoms with Crippen molar-refractivity contribution in [3.8, 4) is 0 Å². The second-order valence-electron chi connectivity index (χ2n) is 8.39. The Morgan fingerprint density at radius 3 is 1.95 bits per heavy atom. The van der Waals surface area contributed by atoms with Crippen LogP contribution in [-0.2, 0) is 4.79 Å². The second kappa shape index (κ2) is 11.7. The van der Waals surface area contributed by atoms with Crippen LogP contribution in [0.5, 0.6) is 0 Å². The number of hydrogen-bond donors (Lipinski definition) is 3. The Hall–Kier alpha value is -4.13. The lowest BCUT2D eigenvalue weighted by Gasteiger charge is -2.18. The average molecular weight is 520 g/mol. The number of hydrogen-bond acceptors (Lipinski definition) is 3. The molecule has 0 spiro atoms. The van der Waals surface area contributed by atoms with Crippen LogP contribution in [0.15, 0.2) is 132 Å². The van der Waals surface area contributed by atoms with Gasteiger partial charge in [0.1, 0.15) is 5.25 Å². The molecule has 0 aliphatic carbocycles. The normalized spacial score (nSPS) is 11.5. The number of thioether (sulfide) groups is 1. The van der Waals surface area contributed by atoms with Gasteiger partial charge in [0.2, 0.25) is 5.91 Å². The van der Waals surface area contributed by atoms with Gasteiger partial charge in [0.25, 0.3) is 0 Å². The van der Waals surface area contributed by atoms with E-state index >= 15 is 0 Å². The van der Waals surface area contributed by atoms with E-state index in [1.165, 1.54) is 11.8 Å². The Morgan fingerprint density at radius 1 is 0.622 bits per heavy atom. The number of carbonyl (C=O) groups excluding carboxylic acids is 1. The van der Waals surface area contributed by atoms with Gasteiger partial charge in [-0.1, -0.05) is 84.9 Å². The first-order valence-electron chi connectivity index (χ1n) is 11.9. The van der Waals surface area contributed by atoms with Gasteiger partial charge in [0, 0.05) is 27.3 Å². The van der Waals surface area contributed by atoms with Crippen LogP contribution in [0.4, 0.5) is 17.1 Å². The van der Waals surface area contributed by atoms with Crippen LogP contribution in [0.3, 0.4) is 0 Å². The molecule has 0 aliphatic rings. The summed E-state index contributed by atoms with van der Waals surface area (Å²) in [6, 6.07) is 41.6. The van der Waals surface area contributed by atoms with Gasteiger partial charge in [-0.25, -0.2) is 0 Å². The van der Waals surface area contributed by atoms with E-state index in [9.17, 15) is 4.79 Å². The van der Waals surface area contributed by atoms with Crippen molar-refractivity contribution >= 4 is 62.8 Å². The van der Waals surface area contributed by atoms with Crippen LogP contribution in [0.1, 0.15) is 10.8 Å². The average Bonchev–Trinajstić information content (AvgIpc) is 2.94. The molecule has 5 aromatic rings. The number of rotatable bonds is 7. The molecule has 0 saturated heterocycles. The maximum absolute atomic E-state index is 13.6. The first kappa shape index (κ1) is 24.6. The molecule has 1 unspecified atom stereocenters. The van der Waals surface area contributed by atoms with Gasteiger partial charge in [-0.2, -0.15) is 0 Å². The number of anilines is 3. The zero-order chi connectivity index (χ0) is 25.5. The van der Waals surface area contributed by atoms with Crippen LogP contribution in [0, 0.1) is 0 Å². The van der Waals surface area contributed by atoms with Gasteiger partial charge < -0.3 is 16.0 Å². The minimum atomic E-state index is -0.417. The van der Waals surface area contributed by atoms with Crippen molar-refractivity contribution in [2.24, 2.45) is 0 Å². The zero-order valence-corrected chi connectivity index (χ0v) is 21.6. The third kappa shape index (κ3) is 6.36. The van der Waals surface area contributed by atoms with Gasteiger partial charge in [-0.05, 0) is 65.6 Å². The van der Waals surface area contributed by atoms with Crippen LogP contribution < -0.4 is 16.0 Å². The smallest absolute Gasteiger partial charge is 0.242 e. The molecule has 0 fully saturated rings. The fraction of sp³-hybridized carbons (Fsp3) is 0.0323. The molecule has 1 amide bonds. The number of thiocarbonyl (C=S) groups is 1. The predicted molar refractivity (Wildman–Crippen MR) is 160 cm³/mol. The Kier molecular flexibility index (Phi) is 7.79. The Balaban J connectivity index is 1.31.